The van der Waals surface area contributed by atoms with E-state index in [4.69, 9.17) is 21.1 Å². The number of aromatic nitrogens is 1. The fraction of sp³-hybridized carbons (Fsp3) is 0.143. The summed E-state index contributed by atoms with van der Waals surface area (Å²) in [7, 11) is 3.17. The van der Waals surface area contributed by atoms with Crippen LogP contribution in [0, 0.1) is 0 Å². The van der Waals surface area contributed by atoms with Gasteiger partial charge in [-0.25, -0.2) is 0 Å². The second kappa shape index (κ2) is 9.10. The van der Waals surface area contributed by atoms with Crippen molar-refractivity contribution in [3.63, 3.8) is 0 Å². The van der Waals surface area contributed by atoms with Gasteiger partial charge in [0.15, 0.2) is 0 Å². The minimum absolute atomic E-state index is 0.304. The highest BCUT2D eigenvalue weighted by Crippen LogP contribution is 2.28. The number of anilines is 2. The van der Waals surface area contributed by atoms with E-state index in [0.717, 1.165) is 17.0 Å². The van der Waals surface area contributed by atoms with Gasteiger partial charge in [0.1, 0.15) is 11.5 Å². The van der Waals surface area contributed by atoms with Crippen LogP contribution >= 0.6 is 11.6 Å². The Morgan fingerprint density at radius 3 is 2.54 bits per heavy atom. The third kappa shape index (κ3) is 4.92. The highest BCUT2D eigenvalue weighted by Gasteiger charge is 2.11. The Kier molecular flexibility index (Phi) is 6.34. The quantitative estimate of drug-likeness (QED) is 0.608. The summed E-state index contributed by atoms with van der Waals surface area (Å²) < 4.78 is 10.4. The minimum atomic E-state index is -0.304. The Balaban J connectivity index is 1.68. The molecule has 1 amide bonds. The number of rotatable bonds is 7. The summed E-state index contributed by atoms with van der Waals surface area (Å²) in [5.74, 6) is 1.03. The van der Waals surface area contributed by atoms with E-state index in [-0.39, 0.29) is 5.91 Å². The van der Waals surface area contributed by atoms with Crippen molar-refractivity contribution in [2.24, 2.45) is 0 Å². The standard InChI is InChI=1S/C21H20ClN3O3/c1-27-18-6-3-14(4-7-18)11-24-17-9-15(12-23-13-17)21(26)25-19-10-16(22)5-8-20(19)28-2/h3-10,12-13,24H,11H2,1-2H3,(H,25,26). The molecule has 3 aromatic rings. The van der Waals surface area contributed by atoms with Gasteiger partial charge in [0.25, 0.3) is 5.91 Å². The number of carbonyl (C=O) groups is 1. The molecule has 0 aliphatic carbocycles. The van der Waals surface area contributed by atoms with E-state index < -0.39 is 0 Å². The van der Waals surface area contributed by atoms with Crippen LogP contribution < -0.4 is 20.1 Å². The van der Waals surface area contributed by atoms with Crippen LogP contribution in [0.3, 0.4) is 0 Å². The molecule has 1 aromatic heterocycles. The van der Waals surface area contributed by atoms with Gasteiger partial charge in [-0.05, 0) is 42.0 Å². The molecule has 2 N–H and O–H groups in total. The third-order valence-corrected chi connectivity index (χ3v) is 4.30. The second-order valence-electron chi connectivity index (χ2n) is 5.96. The topological polar surface area (TPSA) is 72.5 Å². The van der Waals surface area contributed by atoms with Crippen LogP contribution in [0.2, 0.25) is 5.02 Å². The Hall–Kier alpha value is -3.25. The maximum Gasteiger partial charge on any atom is 0.257 e. The Morgan fingerprint density at radius 1 is 1.04 bits per heavy atom. The molecule has 0 spiro atoms. The molecule has 0 aliphatic heterocycles. The van der Waals surface area contributed by atoms with Gasteiger partial charge in [-0.3, -0.25) is 9.78 Å². The number of nitrogens with one attached hydrogen (secondary N) is 2. The molecule has 0 fully saturated rings. The van der Waals surface area contributed by atoms with E-state index in [1.54, 1.807) is 37.6 Å². The van der Waals surface area contributed by atoms with Crippen molar-refractivity contribution < 1.29 is 14.3 Å². The smallest absolute Gasteiger partial charge is 0.257 e. The van der Waals surface area contributed by atoms with Crippen LogP contribution in [0.1, 0.15) is 15.9 Å². The predicted molar refractivity (Wildman–Crippen MR) is 111 cm³/mol. The first-order valence-electron chi connectivity index (χ1n) is 8.56. The zero-order chi connectivity index (χ0) is 19.9. The van der Waals surface area contributed by atoms with Crippen molar-refractivity contribution in [2.75, 3.05) is 24.9 Å². The highest BCUT2D eigenvalue weighted by atomic mass is 35.5. The summed E-state index contributed by atoms with van der Waals surface area (Å²) in [6, 6.07) is 14.5. The largest absolute Gasteiger partial charge is 0.497 e. The molecule has 3 rings (SSSR count). The fourth-order valence-electron chi connectivity index (χ4n) is 2.58. The van der Waals surface area contributed by atoms with Crippen LogP contribution in [-0.2, 0) is 6.54 Å². The van der Waals surface area contributed by atoms with E-state index in [1.165, 1.54) is 13.3 Å². The number of halogens is 1. The van der Waals surface area contributed by atoms with Gasteiger partial charge >= 0.3 is 0 Å². The molecule has 0 unspecified atom stereocenters. The zero-order valence-electron chi connectivity index (χ0n) is 15.5. The van der Waals surface area contributed by atoms with Gasteiger partial charge in [-0.2, -0.15) is 0 Å². The molecule has 144 valence electrons. The van der Waals surface area contributed by atoms with Crippen LogP contribution in [0.5, 0.6) is 11.5 Å². The first kappa shape index (κ1) is 19.5. The average molecular weight is 398 g/mol. The van der Waals surface area contributed by atoms with E-state index in [1.807, 2.05) is 24.3 Å². The summed E-state index contributed by atoms with van der Waals surface area (Å²) in [4.78, 5) is 16.7. The van der Waals surface area contributed by atoms with Crippen molar-refractivity contribution in [3.8, 4) is 11.5 Å². The molecule has 1 heterocycles. The maximum atomic E-state index is 12.6. The summed E-state index contributed by atoms with van der Waals surface area (Å²) in [6.45, 7) is 0.596. The third-order valence-electron chi connectivity index (χ3n) is 4.07. The minimum Gasteiger partial charge on any atom is -0.497 e. The van der Waals surface area contributed by atoms with Gasteiger partial charge in [-0.1, -0.05) is 23.7 Å². The van der Waals surface area contributed by atoms with Gasteiger partial charge in [0.2, 0.25) is 0 Å². The first-order valence-corrected chi connectivity index (χ1v) is 8.93. The Morgan fingerprint density at radius 2 is 1.82 bits per heavy atom. The molecule has 28 heavy (non-hydrogen) atoms. The van der Waals surface area contributed by atoms with Crippen molar-refractivity contribution in [2.45, 2.75) is 6.54 Å². The fourth-order valence-corrected chi connectivity index (χ4v) is 2.75. The summed E-state index contributed by atoms with van der Waals surface area (Å²) >= 11 is 6.01. The number of amides is 1. The van der Waals surface area contributed by atoms with Gasteiger partial charge < -0.3 is 20.1 Å². The molecule has 0 saturated heterocycles. The number of carbonyl (C=O) groups excluding carboxylic acids is 1. The van der Waals surface area contributed by atoms with Crippen LogP contribution in [0.25, 0.3) is 0 Å². The molecule has 0 saturated carbocycles. The van der Waals surface area contributed by atoms with Crippen molar-refractivity contribution in [1.82, 2.24) is 4.98 Å². The van der Waals surface area contributed by atoms with Gasteiger partial charge in [-0.15, -0.1) is 0 Å². The normalized spacial score (nSPS) is 10.2. The van der Waals surface area contributed by atoms with Crippen molar-refractivity contribution >= 4 is 28.9 Å². The molecule has 2 aromatic carbocycles. The summed E-state index contributed by atoms with van der Waals surface area (Å²) in [5, 5.41) is 6.57. The molecule has 0 aliphatic rings. The number of hydrogen-bond donors (Lipinski definition) is 2. The average Bonchev–Trinajstić information content (AvgIpc) is 2.73. The Bertz CT molecular complexity index is 961. The zero-order valence-corrected chi connectivity index (χ0v) is 16.3. The summed E-state index contributed by atoms with van der Waals surface area (Å²) in [6.07, 6.45) is 3.17. The molecular weight excluding hydrogens is 378 g/mol. The first-order chi connectivity index (χ1) is 13.6. The lowest BCUT2D eigenvalue weighted by molar-refractivity contribution is 0.102. The SMILES string of the molecule is COc1ccc(CNc2cncc(C(=O)Nc3cc(Cl)ccc3OC)c2)cc1. The number of methoxy groups -OCH3 is 2. The van der Waals surface area contributed by atoms with E-state index in [2.05, 4.69) is 15.6 Å². The van der Waals surface area contributed by atoms with Crippen LogP contribution in [0.15, 0.2) is 60.9 Å². The number of nitrogens with zero attached hydrogens (tertiary/aromatic N) is 1. The van der Waals surface area contributed by atoms with E-state index >= 15 is 0 Å². The molecular formula is C21H20ClN3O3. The monoisotopic (exact) mass is 397 g/mol. The second-order valence-corrected chi connectivity index (χ2v) is 6.40. The molecule has 0 atom stereocenters. The number of ether oxygens (including phenoxy) is 2. The van der Waals surface area contributed by atoms with Gasteiger partial charge in [0, 0.05) is 24.0 Å². The predicted octanol–water partition coefficient (Wildman–Crippen LogP) is 4.62. The molecule has 7 heteroatoms. The number of benzene rings is 2. The molecule has 0 bridgehead atoms. The van der Waals surface area contributed by atoms with Crippen molar-refractivity contribution in [1.29, 1.82) is 0 Å². The van der Waals surface area contributed by atoms with Gasteiger partial charge in [0.05, 0.1) is 31.2 Å². The Labute approximate surface area is 168 Å². The van der Waals surface area contributed by atoms with Crippen LogP contribution in [-0.4, -0.2) is 25.1 Å². The van der Waals surface area contributed by atoms with Crippen LogP contribution in [0.4, 0.5) is 11.4 Å². The summed E-state index contributed by atoms with van der Waals surface area (Å²) in [5.41, 5.74) is 2.74. The number of hydrogen-bond acceptors (Lipinski definition) is 5. The lowest BCUT2D eigenvalue weighted by Gasteiger charge is -2.11. The lowest BCUT2D eigenvalue weighted by atomic mass is 10.2. The van der Waals surface area contributed by atoms with E-state index in [0.29, 0.717) is 28.6 Å². The molecule has 6 nitrogen and oxygen atoms in total. The number of pyridine rings is 1. The maximum absolute atomic E-state index is 12.6. The van der Waals surface area contributed by atoms with Crippen molar-refractivity contribution in [3.05, 3.63) is 77.1 Å². The van der Waals surface area contributed by atoms with E-state index in [9.17, 15) is 4.79 Å². The molecule has 0 radical (unpaired) electrons. The lowest BCUT2D eigenvalue weighted by Crippen LogP contribution is -2.13. The highest BCUT2D eigenvalue weighted by molar-refractivity contribution is 6.31.